The molecule has 11 heteroatoms. The quantitative estimate of drug-likeness (QED) is 0.756. The molecular weight excluding hydrogens is 406 g/mol. The van der Waals surface area contributed by atoms with Gasteiger partial charge in [-0.05, 0) is 25.5 Å². The fourth-order valence-electron chi connectivity index (χ4n) is 3.36. The first-order valence-corrected chi connectivity index (χ1v) is 10.6. The predicted octanol–water partition coefficient (Wildman–Crippen LogP) is 1.98. The summed E-state index contributed by atoms with van der Waals surface area (Å²) in [7, 11) is -4.31. The summed E-state index contributed by atoms with van der Waals surface area (Å²) < 4.78 is 59.2. The highest BCUT2D eigenvalue weighted by atomic mass is 32.2. The lowest BCUT2D eigenvalue weighted by Gasteiger charge is -2.37. The number of aryl methyl sites for hydroxylation is 1. The molecule has 0 bridgehead atoms. The Balaban J connectivity index is 1.68. The van der Waals surface area contributed by atoms with Crippen LogP contribution in [0.1, 0.15) is 19.1 Å². The van der Waals surface area contributed by atoms with E-state index in [1.54, 1.807) is 13.0 Å². The lowest BCUT2D eigenvalue weighted by molar-refractivity contribution is -0.121. The van der Waals surface area contributed by atoms with Gasteiger partial charge in [-0.2, -0.15) is 4.31 Å². The second-order valence-corrected chi connectivity index (χ2v) is 8.60. The summed E-state index contributed by atoms with van der Waals surface area (Å²) in [5, 5.41) is 6.40. The molecule has 1 unspecified atom stereocenters. The molecule has 1 amide bonds. The lowest BCUT2D eigenvalue weighted by Crippen LogP contribution is -2.54. The minimum Gasteiger partial charge on any atom is -0.360 e. The average molecular weight is 428 g/mol. The molecule has 29 heavy (non-hydrogen) atoms. The maximum absolute atomic E-state index is 14.0. The Bertz CT molecular complexity index is 967. The summed E-state index contributed by atoms with van der Waals surface area (Å²) >= 11 is 0. The zero-order chi connectivity index (χ0) is 21.2. The van der Waals surface area contributed by atoms with Crippen molar-refractivity contribution in [2.75, 3.05) is 31.5 Å². The Kier molecular flexibility index (Phi) is 6.30. The Labute approximate surface area is 167 Å². The summed E-state index contributed by atoms with van der Waals surface area (Å²) in [6.45, 7) is 4.08. The van der Waals surface area contributed by atoms with Crippen LogP contribution >= 0.6 is 0 Å². The van der Waals surface area contributed by atoms with Gasteiger partial charge in [-0.1, -0.05) is 18.1 Å². The normalized spacial score (nSPS) is 17.2. The zero-order valence-corrected chi connectivity index (χ0v) is 16.9. The molecule has 0 saturated carbocycles. The molecule has 1 atom stereocenters. The number of aromatic nitrogens is 1. The summed E-state index contributed by atoms with van der Waals surface area (Å²) in [4.78, 5) is 13.5. The molecule has 2 heterocycles. The Morgan fingerprint density at radius 3 is 2.38 bits per heavy atom. The Hall–Kier alpha value is -2.37. The smallest absolute Gasteiger partial charge is 0.249 e. The number of nitrogens with one attached hydrogen (secondary N) is 1. The monoisotopic (exact) mass is 428 g/mol. The molecule has 1 aromatic carbocycles. The van der Waals surface area contributed by atoms with Gasteiger partial charge in [0.15, 0.2) is 10.7 Å². The van der Waals surface area contributed by atoms with Gasteiger partial charge in [0.2, 0.25) is 15.9 Å². The first-order valence-electron chi connectivity index (χ1n) is 9.16. The molecule has 0 aliphatic carbocycles. The van der Waals surface area contributed by atoms with Crippen molar-refractivity contribution < 1.29 is 26.5 Å². The van der Waals surface area contributed by atoms with E-state index in [1.165, 1.54) is 0 Å². The van der Waals surface area contributed by atoms with Crippen molar-refractivity contribution in [3.63, 3.8) is 0 Å². The minimum absolute atomic E-state index is 0.0168. The van der Waals surface area contributed by atoms with Gasteiger partial charge < -0.3 is 9.84 Å². The zero-order valence-electron chi connectivity index (χ0n) is 16.1. The van der Waals surface area contributed by atoms with Crippen molar-refractivity contribution in [3.8, 4) is 0 Å². The van der Waals surface area contributed by atoms with Crippen molar-refractivity contribution in [3.05, 3.63) is 41.7 Å². The molecule has 1 N–H and O–H groups in total. The van der Waals surface area contributed by atoms with Crippen molar-refractivity contribution in [2.45, 2.75) is 31.2 Å². The van der Waals surface area contributed by atoms with Crippen LogP contribution in [0.25, 0.3) is 0 Å². The van der Waals surface area contributed by atoms with Crippen LogP contribution in [0.2, 0.25) is 0 Å². The Morgan fingerprint density at radius 2 is 1.86 bits per heavy atom. The van der Waals surface area contributed by atoms with E-state index in [0.717, 1.165) is 22.5 Å². The molecule has 1 aliphatic heterocycles. The molecule has 1 saturated heterocycles. The highest BCUT2D eigenvalue weighted by Gasteiger charge is 2.35. The number of anilines is 1. The summed E-state index contributed by atoms with van der Waals surface area (Å²) in [5.41, 5.74) is 0. The largest absolute Gasteiger partial charge is 0.360 e. The standard InChI is InChI=1S/C18H22F2N4O4S/c1-3-15(18(25)21-16-11-12(2)28-22-16)23-7-9-24(10-8-23)29(26,27)17-13(19)5-4-6-14(17)20/h4-6,11,15H,3,7-10H2,1-2H3,(H,21,22,25). The van der Waals surface area contributed by atoms with Gasteiger partial charge in [-0.3, -0.25) is 9.69 Å². The van der Waals surface area contributed by atoms with Gasteiger partial charge in [0.1, 0.15) is 17.4 Å². The van der Waals surface area contributed by atoms with E-state index in [0.29, 0.717) is 18.0 Å². The number of benzene rings is 1. The topological polar surface area (TPSA) is 95.8 Å². The van der Waals surface area contributed by atoms with Gasteiger partial charge in [0.25, 0.3) is 0 Å². The molecule has 0 radical (unpaired) electrons. The fraction of sp³-hybridized carbons (Fsp3) is 0.444. The van der Waals surface area contributed by atoms with Crippen molar-refractivity contribution >= 4 is 21.7 Å². The predicted molar refractivity (Wildman–Crippen MR) is 101 cm³/mol. The number of carbonyl (C=O) groups excluding carboxylic acids is 1. The molecule has 1 aromatic heterocycles. The van der Waals surface area contributed by atoms with Crippen LogP contribution in [0.3, 0.4) is 0 Å². The van der Waals surface area contributed by atoms with Crippen LogP contribution in [-0.2, 0) is 14.8 Å². The van der Waals surface area contributed by atoms with Gasteiger partial charge >= 0.3 is 0 Å². The molecule has 8 nitrogen and oxygen atoms in total. The SMILES string of the molecule is CCC(C(=O)Nc1cc(C)on1)N1CCN(S(=O)(=O)c2c(F)cccc2F)CC1. The number of hydrogen-bond acceptors (Lipinski definition) is 6. The summed E-state index contributed by atoms with van der Waals surface area (Å²) in [6.07, 6.45) is 0.497. The number of carbonyl (C=O) groups is 1. The number of sulfonamides is 1. The maximum atomic E-state index is 14.0. The maximum Gasteiger partial charge on any atom is 0.249 e. The van der Waals surface area contributed by atoms with E-state index in [4.69, 9.17) is 4.52 Å². The van der Waals surface area contributed by atoms with E-state index in [2.05, 4.69) is 10.5 Å². The Morgan fingerprint density at radius 1 is 1.24 bits per heavy atom. The van der Waals surface area contributed by atoms with Gasteiger partial charge in [0.05, 0.1) is 6.04 Å². The number of hydrogen-bond donors (Lipinski definition) is 1. The number of piperazine rings is 1. The van der Waals surface area contributed by atoms with Crippen molar-refractivity contribution in [1.29, 1.82) is 0 Å². The second-order valence-electron chi connectivity index (χ2n) is 6.73. The van der Waals surface area contributed by atoms with Gasteiger partial charge in [-0.25, -0.2) is 17.2 Å². The third-order valence-corrected chi connectivity index (χ3v) is 6.75. The van der Waals surface area contributed by atoms with Crippen LogP contribution in [0.4, 0.5) is 14.6 Å². The second kappa shape index (κ2) is 8.56. The highest BCUT2D eigenvalue weighted by molar-refractivity contribution is 7.89. The van der Waals surface area contributed by atoms with E-state index in [-0.39, 0.29) is 32.1 Å². The van der Waals surface area contributed by atoms with E-state index < -0.39 is 32.6 Å². The van der Waals surface area contributed by atoms with Crippen LogP contribution in [0.5, 0.6) is 0 Å². The molecule has 0 spiro atoms. The molecule has 158 valence electrons. The third kappa shape index (κ3) is 4.46. The first kappa shape index (κ1) is 21.3. The molecule has 1 aliphatic rings. The van der Waals surface area contributed by atoms with Crippen molar-refractivity contribution in [1.82, 2.24) is 14.4 Å². The molecular formula is C18H22F2N4O4S. The number of halogens is 2. The molecule has 1 fully saturated rings. The number of rotatable bonds is 6. The highest BCUT2D eigenvalue weighted by Crippen LogP contribution is 2.24. The van der Waals surface area contributed by atoms with Crippen LogP contribution in [0, 0.1) is 18.6 Å². The first-order chi connectivity index (χ1) is 13.7. The summed E-state index contributed by atoms with van der Waals surface area (Å²) in [6, 6.07) is 4.03. The van der Waals surface area contributed by atoms with E-state index >= 15 is 0 Å². The van der Waals surface area contributed by atoms with Crippen LogP contribution < -0.4 is 5.32 Å². The molecule has 2 aromatic rings. The van der Waals surface area contributed by atoms with E-state index in [9.17, 15) is 22.0 Å². The van der Waals surface area contributed by atoms with Gasteiger partial charge in [-0.15, -0.1) is 0 Å². The lowest BCUT2D eigenvalue weighted by atomic mass is 10.1. The number of nitrogens with zero attached hydrogens (tertiary/aromatic N) is 3. The third-order valence-electron chi connectivity index (χ3n) is 4.80. The van der Waals surface area contributed by atoms with Gasteiger partial charge in [0, 0.05) is 32.2 Å². The number of amides is 1. The average Bonchev–Trinajstić information content (AvgIpc) is 3.07. The van der Waals surface area contributed by atoms with E-state index in [1.807, 2.05) is 11.8 Å². The van der Waals surface area contributed by atoms with Crippen molar-refractivity contribution in [2.24, 2.45) is 0 Å². The van der Waals surface area contributed by atoms with Crippen LogP contribution in [0.15, 0.2) is 33.7 Å². The summed E-state index contributed by atoms with van der Waals surface area (Å²) in [5.74, 6) is -1.66. The minimum atomic E-state index is -4.31. The molecule has 3 rings (SSSR count). The van der Waals surface area contributed by atoms with Crippen LogP contribution in [-0.4, -0.2) is 60.9 Å². The fourth-order valence-corrected chi connectivity index (χ4v) is 4.89.